The van der Waals surface area contributed by atoms with Crippen molar-refractivity contribution in [2.45, 2.75) is 45.2 Å². The molecule has 42 heavy (non-hydrogen) atoms. The number of nitrogens with one attached hydrogen (secondary N) is 1. The predicted octanol–water partition coefficient (Wildman–Crippen LogP) is 2.32. The molecular weight excluding hydrogens is 530 g/mol. The fourth-order valence-electron chi connectivity index (χ4n) is 6.36. The van der Waals surface area contributed by atoms with Crippen molar-refractivity contribution in [1.82, 2.24) is 24.7 Å². The minimum Gasteiger partial charge on any atom is -0.371 e. The van der Waals surface area contributed by atoms with Gasteiger partial charge in [-0.2, -0.15) is 0 Å². The molecule has 3 aliphatic rings. The monoisotopic (exact) mass is 575 g/mol. The quantitative estimate of drug-likeness (QED) is 0.458. The number of aryl methyl sites for hydroxylation is 1. The van der Waals surface area contributed by atoms with E-state index in [9.17, 15) is 9.59 Å². The molecule has 0 aliphatic carbocycles. The molecule has 0 radical (unpaired) electrons. The lowest BCUT2D eigenvalue weighted by Crippen LogP contribution is -2.54. The minimum atomic E-state index is -0.625. The number of piperidine rings is 1. The van der Waals surface area contributed by atoms with E-state index < -0.39 is 5.91 Å². The third kappa shape index (κ3) is 6.52. The second kappa shape index (κ2) is 13.1. The van der Waals surface area contributed by atoms with Crippen LogP contribution < -0.4 is 20.9 Å². The van der Waals surface area contributed by atoms with Crippen LogP contribution in [0.4, 0.5) is 23.0 Å². The summed E-state index contributed by atoms with van der Waals surface area (Å²) in [6.07, 6.45) is 4.32. The van der Waals surface area contributed by atoms with Crippen LogP contribution in [-0.4, -0.2) is 115 Å². The molecule has 0 unspecified atom stereocenters. The number of benzene rings is 1. The molecule has 11 nitrogen and oxygen atoms in total. The Kier molecular flexibility index (Phi) is 9.27. The van der Waals surface area contributed by atoms with Crippen LogP contribution >= 0.6 is 0 Å². The van der Waals surface area contributed by atoms with Gasteiger partial charge in [0.1, 0.15) is 0 Å². The summed E-state index contributed by atoms with van der Waals surface area (Å²) >= 11 is 0. The first kappa shape index (κ1) is 29.8. The molecule has 0 saturated carbocycles. The van der Waals surface area contributed by atoms with Gasteiger partial charge in [0.05, 0.1) is 5.69 Å². The SMILES string of the molecule is C=CC(=O)N1CCN(c2nc(Nc3ccc(N4CCC(N5CCN(C)CC5)CC4)cc3)c(C(N)=O)nc2CC)[C@H](C)C1. The van der Waals surface area contributed by atoms with Crippen molar-refractivity contribution in [3.63, 3.8) is 0 Å². The zero-order valence-corrected chi connectivity index (χ0v) is 25.3. The zero-order valence-electron chi connectivity index (χ0n) is 25.3. The Hall–Kier alpha value is -3.70. The van der Waals surface area contributed by atoms with Gasteiger partial charge >= 0.3 is 0 Å². The Morgan fingerprint density at radius 1 is 1.02 bits per heavy atom. The van der Waals surface area contributed by atoms with Gasteiger partial charge in [0.25, 0.3) is 5.91 Å². The Balaban J connectivity index is 1.28. The Labute approximate surface area is 249 Å². The molecule has 3 fully saturated rings. The van der Waals surface area contributed by atoms with Gasteiger partial charge in [0.15, 0.2) is 17.3 Å². The summed E-state index contributed by atoms with van der Waals surface area (Å²) in [5, 5.41) is 3.31. The predicted molar refractivity (Wildman–Crippen MR) is 168 cm³/mol. The van der Waals surface area contributed by atoms with E-state index >= 15 is 0 Å². The van der Waals surface area contributed by atoms with E-state index in [0.29, 0.717) is 49.4 Å². The standard InChI is InChI=1S/C31H45N9O2/c1-5-26-31(40-20-19-39(21-22(40)3)27(41)6-2)35-30(28(34-26)29(32)42)33-23-7-9-24(10-8-23)37-13-11-25(12-14-37)38-17-15-36(4)16-18-38/h6-10,22,25H,2,5,11-21H2,1,3-4H3,(H2,32,42)(H,33,35)/t22-/m1/s1. The molecule has 1 atom stereocenters. The number of rotatable bonds is 8. The molecular formula is C31H45N9O2. The number of carbonyl (C=O) groups is 2. The van der Waals surface area contributed by atoms with Crippen molar-refractivity contribution in [2.75, 3.05) is 81.1 Å². The molecule has 1 aromatic heterocycles. The van der Waals surface area contributed by atoms with Gasteiger partial charge in [0.2, 0.25) is 5.91 Å². The van der Waals surface area contributed by atoms with Gasteiger partial charge in [-0.3, -0.25) is 14.5 Å². The number of piperazine rings is 2. The zero-order chi connectivity index (χ0) is 29.8. The summed E-state index contributed by atoms with van der Waals surface area (Å²) in [4.78, 5) is 45.6. The Bertz CT molecular complexity index is 1270. The summed E-state index contributed by atoms with van der Waals surface area (Å²) in [6.45, 7) is 16.1. The number of hydrogen-bond donors (Lipinski definition) is 2. The number of anilines is 4. The number of amides is 2. The number of nitrogens with two attached hydrogens (primary N) is 1. The van der Waals surface area contributed by atoms with Crippen LogP contribution in [-0.2, 0) is 11.2 Å². The van der Waals surface area contributed by atoms with Crippen molar-refractivity contribution in [3.05, 3.63) is 48.3 Å². The van der Waals surface area contributed by atoms with Gasteiger partial charge in [-0.25, -0.2) is 9.97 Å². The van der Waals surface area contributed by atoms with Crippen LogP contribution in [0.1, 0.15) is 42.9 Å². The number of primary amides is 1. The number of aromatic nitrogens is 2. The molecule has 2 aromatic rings. The summed E-state index contributed by atoms with van der Waals surface area (Å²) < 4.78 is 0. The van der Waals surface area contributed by atoms with E-state index in [1.165, 1.54) is 37.7 Å². The van der Waals surface area contributed by atoms with E-state index in [1.807, 2.05) is 19.1 Å². The fraction of sp³-hybridized carbons (Fsp3) is 0.548. The maximum atomic E-state index is 12.4. The third-order valence-corrected chi connectivity index (χ3v) is 8.91. The third-order valence-electron chi connectivity index (χ3n) is 8.91. The van der Waals surface area contributed by atoms with Gasteiger partial charge in [-0.1, -0.05) is 13.5 Å². The topological polar surface area (TPSA) is 114 Å². The second-order valence-electron chi connectivity index (χ2n) is 11.7. The largest absolute Gasteiger partial charge is 0.371 e. The van der Waals surface area contributed by atoms with Crippen molar-refractivity contribution in [2.24, 2.45) is 5.73 Å². The summed E-state index contributed by atoms with van der Waals surface area (Å²) in [7, 11) is 2.20. The molecule has 0 bridgehead atoms. The van der Waals surface area contributed by atoms with Crippen LogP contribution in [0.25, 0.3) is 0 Å². The van der Waals surface area contributed by atoms with Crippen molar-refractivity contribution in [3.8, 4) is 0 Å². The van der Waals surface area contributed by atoms with Gasteiger partial charge < -0.3 is 30.7 Å². The van der Waals surface area contributed by atoms with E-state index in [1.54, 1.807) is 4.90 Å². The van der Waals surface area contributed by atoms with Gasteiger partial charge in [0, 0.05) is 82.4 Å². The first-order valence-electron chi connectivity index (χ1n) is 15.2. The van der Waals surface area contributed by atoms with Crippen LogP contribution in [0.15, 0.2) is 36.9 Å². The number of hydrogen-bond acceptors (Lipinski definition) is 9. The molecule has 3 N–H and O–H groups in total. The second-order valence-corrected chi connectivity index (χ2v) is 11.7. The number of carbonyl (C=O) groups excluding carboxylic acids is 2. The van der Waals surface area contributed by atoms with E-state index in [2.05, 4.69) is 62.6 Å². The summed E-state index contributed by atoms with van der Waals surface area (Å²) in [5.74, 6) is 0.355. The molecule has 11 heteroatoms. The summed E-state index contributed by atoms with van der Waals surface area (Å²) in [5.41, 5.74) is 8.59. The average molecular weight is 576 g/mol. The molecule has 4 heterocycles. The van der Waals surface area contributed by atoms with E-state index in [0.717, 1.165) is 31.9 Å². The van der Waals surface area contributed by atoms with Crippen molar-refractivity contribution >= 4 is 34.8 Å². The average Bonchev–Trinajstić information content (AvgIpc) is 3.01. The summed E-state index contributed by atoms with van der Waals surface area (Å²) in [6, 6.07) is 8.97. The fourth-order valence-corrected chi connectivity index (χ4v) is 6.36. The van der Waals surface area contributed by atoms with Crippen molar-refractivity contribution in [1.29, 1.82) is 0 Å². The maximum Gasteiger partial charge on any atom is 0.271 e. The highest BCUT2D eigenvalue weighted by Crippen LogP contribution is 2.29. The molecule has 226 valence electrons. The normalized spacial score (nSPS) is 20.9. The minimum absolute atomic E-state index is 0.0224. The van der Waals surface area contributed by atoms with Crippen LogP contribution in [0.3, 0.4) is 0 Å². The van der Waals surface area contributed by atoms with E-state index in [-0.39, 0.29) is 17.6 Å². The maximum absolute atomic E-state index is 12.4. The number of nitrogens with zero attached hydrogens (tertiary/aromatic N) is 7. The number of likely N-dealkylation sites (N-methyl/N-ethyl adjacent to an activating group) is 1. The molecule has 0 spiro atoms. The van der Waals surface area contributed by atoms with Crippen molar-refractivity contribution < 1.29 is 9.59 Å². The highest BCUT2D eigenvalue weighted by atomic mass is 16.2. The Morgan fingerprint density at radius 3 is 2.31 bits per heavy atom. The van der Waals surface area contributed by atoms with Crippen LogP contribution in [0.5, 0.6) is 0 Å². The lowest BCUT2D eigenvalue weighted by molar-refractivity contribution is -0.126. The first-order chi connectivity index (χ1) is 20.3. The molecule has 1 aromatic carbocycles. The highest BCUT2D eigenvalue weighted by molar-refractivity contribution is 5.96. The smallest absolute Gasteiger partial charge is 0.271 e. The molecule has 3 saturated heterocycles. The van der Waals surface area contributed by atoms with Crippen LogP contribution in [0.2, 0.25) is 0 Å². The highest BCUT2D eigenvalue weighted by Gasteiger charge is 2.30. The lowest BCUT2D eigenvalue weighted by atomic mass is 10.0. The Morgan fingerprint density at radius 2 is 1.71 bits per heavy atom. The molecule has 5 rings (SSSR count). The van der Waals surface area contributed by atoms with Gasteiger partial charge in [-0.05, 0) is 63.6 Å². The molecule has 3 aliphatic heterocycles. The van der Waals surface area contributed by atoms with Gasteiger partial charge in [-0.15, -0.1) is 0 Å². The van der Waals surface area contributed by atoms with E-state index in [4.69, 9.17) is 10.7 Å². The lowest BCUT2D eigenvalue weighted by Gasteiger charge is -2.42. The first-order valence-corrected chi connectivity index (χ1v) is 15.2. The van der Waals surface area contributed by atoms with Crippen LogP contribution in [0, 0.1) is 0 Å². The molecule has 2 amide bonds.